The zero-order valence-electron chi connectivity index (χ0n) is 46.0. The Kier molecular flexibility index (Phi) is 20.3. The van der Waals surface area contributed by atoms with Crippen LogP contribution < -0.4 is 22.9 Å². The first-order chi connectivity index (χ1) is 37.2. The first kappa shape index (κ1) is 61.1. The fraction of sp³-hybridized carbons (Fsp3) is 0.300. The summed E-state index contributed by atoms with van der Waals surface area (Å²) in [6.45, 7) is 19.3. The SMILES string of the molecule is CC(C)(C)c1cc(N)c(SCCN)c(N=C(O)c2cccc(C(O)=Nc3cc(C(C)(C)C)cc(N=C(O)c4cccc(C(O)=Nc5cc(C(C)(C)C)cc(N=C(O)c6cccc(C(=O)O)c6)c5SCCN)c4)c3SCCN)c2)c1. The smallest absolute Gasteiger partial charge is 0.335 e. The number of nitrogens with zero attached hydrogens (tertiary/aromatic N) is 5. The van der Waals surface area contributed by atoms with Gasteiger partial charge in [0.05, 0.1) is 48.7 Å². The molecule has 14 N–H and O–H groups in total. The van der Waals surface area contributed by atoms with E-state index in [9.17, 15) is 35.4 Å². The van der Waals surface area contributed by atoms with Crippen LogP contribution >= 0.6 is 35.3 Å². The average Bonchev–Trinajstić information content (AvgIpc) is 3.49. The third-order valence-corrected chi connectivity index (χ3v) is 15.6. The molecule has 6 aromatic carbocycles. The lowest BCUT2D eigenvalue weighted by molar-refractivity contribution is 0.0696. The molecule has 0 saturated carbocycles. The summed E-state index contributed by atoms with van der Waals surface area (Å²) in [7, 11) is 0. The van der Waals surface area contributed by atoms with Crippen molar-refractivity contribution in [1.29, 1.82) is 0 Å². The summed E-state index contributed by atoms with van der Waals surface area (Å²) in [5, 5.41) is 67.8. The van der Waals surface area contributed by atoms with Crippen molar-refractivity contribution in [2.45, 2.75) is 93.2 Å². The van der Waals surface area contributed by atoms with Gasteiger partial charge in [-0.3, -0.25) is 0 Å². The maximum atomic E-state index is 11.9. The highest BCUT2D eigenvalue weighted by atomic mass is 32.2. The minimum atomic E-state index is -1.15. The molecule has 0 aliphatic rings. The van der Waals surface area contributed by atoms with Gasteiger partial charge in [0, 0.05) is 70.4 Å². The van der Waals surface area contributed by atoms with Gasteiger partial charge < -0.3 is 53.6 Å². The minimum Gasteiger partial charge on any atom is -0.493 e. The number of carboxylic acids is 1. The number of hydrogen-bond acceptors (Lipinski definition) is 13. The first-order valence-electron chi connectivity index (χ1n) is 25.5. The predicted molar refractivity (Wildman–Crippen MR) is 330 cm³/mol. The van der Waals surface area contributed by atoms with E-state index in [1.807, 2.05) is 77.9 Å². The Morgan fingerprint density at radius 2 is 0.633 bits per heavy atom. The molecule has 0 bridgehead atoms. The summed E-state index contributed by atoms with van der Waals surface area (Å²) < 4.78 is 0. The molecule has 0 radical (unpaired) electrons. The Hall–Kier alpha value is -7.13. The molecule has 0 fully saturated rings. The number of carboxylic acid groups (broad SMARTS) is 1. The molecule has 6 aromatic rings. The summed E-state index contributed by atoms with van der Waals surface area (Å²) in [5.74, 6) is -1.50. The van der Waals surface area contributed by atoms with Gasteiger partial charge in [0.15, 0.2) is 0 Å². The highest BCUT2D eigenvalue weighted by molar-refractivity contribution is 8.00. The number of benzene rings is 6. The number of aliphatic hydroxyl groups excluding tert-OH is 5. The van der Waals surface area contributed by atoms with Crippen molar-refractivity contribution in [3.63, 3.8) is 0 Å². The highest BCUT2D eigenvalue weighted by Crippen LogP contribution is 2.45. The standard InChI is InChI=1S/C60H71N9O7S3/c1-58(2,3)40-28-43(64)49(77-22-19-61)44(29-40)65-52(70)34-13-10-14-35(25-34)53(71)66-45-30-41(59(4,5)6)31-46(50(45)78-23-20-62)67-54(72)36-15-11-16-37(26-36)55(73)68-47-32-42(60(7,8)9)33-48(51(47)79-24-21-63)69-56(74)38-17-12-18-39(27-38)57(75)76/h10-18,25-33H,19-24,61-64H2,1-9H3,(H,65,70)(H,66,71)(H,67,72)(H,68,73)(H,69,74)(H,75,76). The topological polar surface area (TPSA) is 304 Å². The van der Waals surface area contributed by atoms with E-state index >= 15 is 0 Å². The van der Waals surface area contributed by atoms with Crippen molar-refractivity contribution in [2.75, 3.05) is 42.6 Å². The fourth-order valence-electron chi connectivity index (χ4n) is 7.76. The van der Waals surface area contributed by atoms with Crippen molar-refractivity contribution in [3.05, 3.63) is 159 Å². The Labute approximate surface area is 475 Å². The van der Waals surface area contributed by atoms with Crippen LogP contribution in [-0.4, -0.2) is 103 Å². The van der Waals surface area contributed by atoms with Crippen LogP contribution in [0.2, 0.25) is 0 Å². The molecule has 19 heteroatoms. The molecule has 0 aromatic heterocycles. The van der Waals surface area contributed by atoms with Gasteiger partial charge in [-0.2, -0.15) is 0 Å². The summed E-state index contributed by atoms with van der Waals surface area (Å²) in [5.41, 5.74) is 29.5. The Bertz CT molecular complexity index is 3370. The summed E-state index contributed by atoms with van der Waals surface area (Å²) >= 11 is 4.14. The van der Waals surface area contributed by atoms with Gasteiger partial charge >= 0.3 is 5.97 Å². The lowest BCUT2D eigenvalue weighted by atomic mass is 9.86. The van der Waals surface area contributed by atoms with E-state index in [1.165, 1.54) is 53.5 Å². The number of nitrogen functional groups attached to an aromatic ring is 1. The molecular formula is C60H71N9O7S3. The van der Waals surface area contributed by atoms with Crippen LogP contribution in [0, 0.1) is 0 Å². The fourth-order valence-corrected chi connectivity index (χ4v) is 10.2. The van der Waals surface area contributed by atoms with E-state index in [0.717, 1.165) is 16.7 Å². The van der Waals surface area contributed by atoms with Crippen LogP contribution in [0.5, 0.6) is 0 Å². The van der Waals surface area contributed by atoms with Gasteiger partial charge in [-0.25, -0.2) is 29.8 Å². The summed E-state index contributed by atoms with van der Waals surface area (Å²) in [4.78, 5) is 36.9. The second-order valence-corrected chi connectivity index (χ2v) is 24.8. The Morgan fingerprint density at radius 3 is 0.899 bits per heavy atom. The number of nitrogens with two attached hydrogens (primary N) is 4. The monoisotopic (exact) mass is 1130 g/mol. The van der Waals surface area contributed by atoms with Crippen molar-refractivity contribution < 1.29 is 35.4 Å². The zero-order valence-corrected chi connectivity index (χ0v) is 48.4. The number of aliphatic imine (C=N–C) groups is 5. The molecule has 0 heterocycles. The molecule has 0 amide bonds. The minimum absolute atomic E-state index is 0.0183. The van der Waals surface area contributed by atoms with Crippen molar-refractivity contribution in [2.24, 2.45) is 42.2 Å². The van der Waals surface area contributed by atoms with Gasteiger partial charge in [-0.15, -0.1) is 35.3 Å². The van der Waals surface area contributed by atoms with Gasteiger partial charge in [0.25, 0.3) is 0 Å². The highest BCUT2D eigenvalue weighted by Gasteiger charge is 2.24. The van der Waals surface area contributed by atoms with Gasteiger partial charge in [-0.1, -0.05) is 80.5 Å². The lowest BCUT2D eigenvalue weighted by Crippen LogP contribution is -2.12. The molecule has 79 heavy (non-hydrogen) atoms. The maximum Gasteiger partial charge on any atom is 0.335 e. The third-order valence-electron chi connectivity index (χ3n) is 12.1. The largest absolute Gasteiger partial charge is 0.493 e. The van der Waals surface area contributed by atoms with Crippen molar-refractivity contribution in [3.8, 4) is 0 Å². The average molecular weight is 1130 g/mol. The third kappa shape index (κ3) is 16.0. The molecular weight excluding hydrogens is 1050 g/mol. The second-order valence-electron chi connectivity index (χ2n) is 21.5. The van der Waals surface area contributed by atoms with Gasteiger partial charge in [-0.05, 0) is 124 Å². The number of aliphatic hydroxyl groups is 5. The number of hydrogen-bond donors (Lipinski definition) is 10. The van der Waals surface area contributed by atoms with E-state index < -0.39 is 22.7 Å². The van der Waals surface area contributed by atoms with Gasteiger partial charge in [0.1, 0.15) is 0 Å². The number of aromatic carboxylic acids is 1. The zero-order chi connectivity index (χ0) is 58.0. The molecule has 16 nitrogen and oxygen atoms in total. The van der Waals surface area contributed by atoms with Crippen LogP contribution in [0.4, 0.5) is 34.1 Å². The normalized spacial score (nSPS) is 13.3. The quantitative estimate of drug-likeness (QED) is 0.0147. The van der Waals surface area contributed by atoms with E-state index in [1.54, 1.807) is 54.6 Å². The number of rotatable bonds is 20. The molecule has 416 valence electrons. The van der Waals surface area contributed by atoms with E-state index in [-0.39, 0.29) is 51.3 Å². The molecule has 0 spiro atoms. The second kappa shape index (κ2) is 26.2. The van der Waals surface area contributed by atoms with Crippen LogP contribution in [-0.2, 0) is 16.2 Å². The number of thioether (sulfide) groups is 3. The molecule has 0 aliphatic heterocycles. The van der Waals surface area contributed by atoms with Crippen LogP contribution in [0.15, 0.2) is 149 Å². The molecule has 0 atom stereocenters. The molecule has 0 aliphatic carbocycles. The Balaban J connectivity index is 1.42. The van der Waals surface area contributed by atoms with Gasteiger partial charge in [0.2, 0.25) is 29.5 Å². The molecule has 0 unspecified atom stereocenters. The predicted octanol–water partition coefficient (Wildman–Crippen LogP) is 13.2. The summed E-state index contributed by atoms with van der Waals surface area (Å²) in [6.07, 6.45) is 0. The maximum absolute atomic E-state index is 11.9. The first-order valence-corrected chi connectivity index (χ1v) is 28.4. The summed E-state index contributed by atoms with van der Waals surface area (Å²) in [6, 6.07) is 30.1. The van der Waals surface area contributed by atoms with Crippen molar-refractivity contribution >= 4 is 105 Å². The van der Waals surface area contributed by atoms with Crippen LogP contribution in [0.1, 0.15) is 117 Å². The van der Waals surface area contributed by atoms with Crippen LogP contribution in [0.3, 0.4) is 0 Å². The van der Waals surface area contributed by atoms with E-state index in [4.69, 9.17) is 37.9 Å². The number of carbonyl (C=O) groups is 1. The Morgan fingerprint density at radius 1 is 0.392 bits per heavy atom. The molecule has 6 rings (SSSR count). The lowest BCUT2D eigenvalue weighted by Gasteiger charge is -2.22. The van der Waals surface area contributed by atoms with E-state index in [2.05, 4.69) is 30.8 Å². The van der Waals surface area contributed by atoms with Crippen molar-refractivity contribution in [1.82, 2.24) is 0 Å². The number of anilines is 1. The van der Waals surface area contributed by atoms with E-state index in [0.29, 0.717) is 96.8 Å². The molecule has 0 saturated heterocycles. The van der Waals surface area contributed by atoms with Crippen LogP contribution in [0.25, 0.3) is 0 Å².